The number of anilines is 2. The van der Waals surface area contributed by atoms with E-state index < -0.39 is 0 Å². The average Bonchev–Trinajstić information content (AvgIpc) is 2.68. The molecule has 0 fully saturated rings. The first-order chi connectivity index (χ1) is 13.5. The number of rotatable bonds is 4. The highest BCUT2D eigenvalue weighted by atomic mass is 79.9. The van der Waals surface area contributed by atoms with E-state index in [-0.39, 0.29) is 11.7 Å². The summed E-state index contributed by atoms with van der Waals surface area (Å²) in [6, 6.07) is 8.73. The molecule has 0 saturated heterocycles. The van der Waals surface area contributed by atoms with E-state index in [0.29, 0.717) is 42.4 Å². The van der Waals surface area contributed by atoms with Crippen molar-refractivity contribution in [3.63, 3.8) is 0 Å². The third kappa shape index (κ3) is 4.03. The van der Waals surface area contributed by atoms with Crippen molar-refractivity contribution in [2.24, 2.45) is 0 Å². The van der Waals surface area contributed by atoms with Gasteiger partial charge in [0.15, 0.2) is 0 Å². The van der Waals surface area contributed by atoms with Gasteiger partial charge in [-0.3, -0.25) is 4.79 Å². The first-order valence-corrected chi connectivity index (χ1v) is 10.3. The van der Waals surface area contributed by atoms with E-state index >= 15 is 0 Å². The number of ether oxygens (including phenoxy) is 1. The monoisotopic (exact) mass is 464 g/mol. The number of nitrogens with zero attached hydrogens (tertiary/aromatic N) is 1. The van der Waals surface area contributed by atoms with Gasteiger partial charge in [-0.1, -0.05) is 33.6 Å². The van der Waals surface area contributed by atoms with Gasteiger partial charge in [-0.15, -0.1) is 0 Å². The normalized spacial score (nSPS) is 16.3. The van der Waals surface area contributed by atoms with Crippen molar-refractivity contribution >= 4 is 44.8 Å². The molecule has 4 rings (SSSR count). The quantitative estimate of drug-likeness (QED) is 0.620. The second-order valence-electron chi connectivity index (χ2n) is 6.89. The van der Waals surface area contributed by atoms with Gasteiger partial charge >= 0.3 is 0 Å². The predicted molar refractivity (Wildman–Crippen MR) is 113 cm³/mol. The number of fused-ring (bicyclic) bond motifs is 1. The Bertz CT molecular complexity index is 964. The zero-order valence-electron chi connectivity index (χ0n) is 15.1. The van der Waals surface area contributed by atoms with Crippen LogP contribution in [0, 0.1) is 5.82 Å². The van der Waals surface area contributed by atoms with Crippen LogP contribution in [0.1, 0.15) is 18.4 Å². The Morgan fingerprint density at radius 2 is 2.07 bits per heavy atom. The van der Waals surface area contributed by atoms with E-state index in [2.05, 4.69) is 27.3 Å². The molecule has 2 aliphatic heterocycles. The van der Waals surface area contributed by atoms with Crippen LogP contribution in [0.4, 0.5) is 15.8 Å². The van der Waals surface area contributed by atoms with E-state index in [1.165, 1.54) is 11.6 Å². The Morgan fingerprint density at radius 3 is 2.82 bits per heavy atom. The third-order valence-corrected chi connectivity index (χ3v) is 5.86. The van der Waals surface area contributed by atoms with Crippen molar-refractivity contribution in [1.29, 1.82) is 0 Å². The third-order valence-electron chi connectivity index (χ3n) is 5.05. The summed E-state index contributed by atoms with van der Waals surface area (Å²) in [7, 11) is 0. The zero-order chi connectivity index (χ0) is 19.7. The molecule has 7 heteroatoms. The molecule has 2 aromatic carbocycles. The van der Waals surface area contributed by atoms with Crippen LogP contribution < -0.4 is 15.0 Å². The Balaban J connectivity index is 1.42. The van der Waals surface area contributed by atoms with Crippen LogP contribution in [0.25, 0.3) is 0 Å². The molecule has 0 aliphatic carbocycles. The molecule has 1 amide bonds. The Hall–Kier alpha value is -2.05. The van der Waals surface area contributed by atoms with Crippen molar-refractivity contribution < 1.29 is 13.9 Å². The maximum atomic E-state index is 14.2. The minimum atomic E-state index is -0.225. The topological polar surface area (TPSA) is 41.6 Å². The molecule has 2 heterocycles. The maximum Gasteiger partial charge on any atom is 0.224 e. The molecule has 0 unspecified atom stereocenters. The molecule has 0 bridgehead atoms. The summed E-state index contributed by atoms with van der Waals surface area (Å²) in [6.07, 6.45) is 3.95. The van der Waals surface area contributed by atoms with Crippen LogP contribution in [0.5, 0.6) is 5.75 Å². The SMILES string of the molecule is O=C1CCc2c(OCC3=CCN(c4ccc(Br)cc4F)CC3)ccc(Cl)c2N1. The highest BCUT2D eigenvalue weighted by Gasteiger charge is 2.22. The first kappa shape index (κ1) is 19.3. The fourth-order valence-electron chi connectivity index (χ4n) is 3.53. The minimum absolute atomic E-state index is 0.0261. The van der Waals surface area contributed by atoms with Gasteiger partial charge in [0.1, 0.15) is 18.2 Å². The summed E-state index contributed by atoms with van der Waals surface area (Å²) < 4.78 is 20.9. The van der Waals surface area contributed by atoms with E-state index in [0.717, 1.165) is 28.8 Å². The second kappa shape index (κ2) is 8.13. The molecular weight excluding hydrogens is 447 g/mol. The highest BCUT2D eigenvalue weighted by Crippen LogP contribution is 2.37. The number of amides is 1. The number of hydrogen-bond acceptors (Lipinski definition) is 3. The molecule has 146 valence electrons. The minimum Gasteiger partial charge on any atom is -0.489 e. The Morgan fingerprint density at radius 1 is 1.21 bits per heavy atom. The lowest BCUT2D eigenvalue weighted by atomic mass is 10.0. The molecule has 0 radical (unpaired) electrons. The number of hydrogen-bond donors (Lipinski definition) is 1. The van der Waals surface area contributed by atoms with E-state index in [4.69, 9.17) is 16.3 Å². The van der Waals surface area contributed by atoms with Crippen LogP contribution in [-0.4, -0.2) is 25.6 Å². The molecule has 2 aromatic rings. The van der Waals surface area contributed by atoms with Gasteiger partial charge in [0, 0.05) is 29.5 Å². The van der Waals surface area contributed by atoms with Crippen molar-refractivity contribution in [3.8, 4) is 5.75 Å². The summed E-state index contributed by atoms with van der Waals surface area (Å²) in [4.78, 5) is 13.6. The van der Waals surface area contributed by atoms with Gasteiger partial charge < -0.3 is 15.0 Å². The molecule has 0 spiro atoms. The number of halogens is 3. The van der Waals surface area contributed by atoms with Crippen LogP contribution >= 0.6 is 27.5 Å². The van der Waals surface area contributed by atoms with Crippen LogP contribution in [0.2, 0.25) is 5.02 Å². The van der Waals surface area contributed by atoms with Gasteiger partial charge in [0.25, 0.3) is 0 Å². The molecular formula is C21H19BrClFN2O2. The predicted octanol–water partition coefficient (Wildman–Crippen LogP) is 5.34. The fourth-order valence-corrected chi connectivity index (χ4v) is 4.09. The summed E-state index contributed by atoms with van der Waals surface area (Å²) in [6.45, 7) is 1.85. The second-order valence-corrected chi connectivity index (χ2v) is 8.21. The maximum absolute atomic E-state index is 14.2. The van der Waals surface area contributed by atoms with Crippen molar-refractivity contribution in [2.75, 3.05) is 29.9 Å². The summed E-state index contributed by atoms with van der Waals surface area (Å²) >= 11 is 9.49. The van der Waals surface area contributed by atoms with Gasteiger partial charge in [0.2, 0.25) is 5.91 Å². The van der Waals surface area contributed by atoms with Crippen molar-refractivity contribution in [1.82, 2.24) is 0 Å². The standard InChI is InChI=1S/C21H19BrClFN2O2/c22-14-1-4-18(17(24)11-14)26-9-7-13(8-10-26)12-28-19-5-3-16(23)21-15(19)2-6-20(27)25-21/h1,3-5,7,11H,2,6,8-10,12H2,(H,25,27). The van der Waals surface area contributed by atoms with Gasteiger partial charge in [0.05, 0.1) is 16.4 Å². The van der Waals surface area contributed by atoms with E-state index in [1.54, 1.807) is 12.1 Å². The average molecular weight is 466 g/mol. The smallest absolute Gasteiger partial charge is 0.224 e. The van der Waals surface area contributed by atoms with Crippen LogP contribution in [-0.2, 0) is 11.2 Å². The van der Waals surface area contributed by atoms with Gasteiger partial charge in [-0.05, 0) is 48.7 Å². The van der Waals surface area contributed by atoms with Crippen LogP contribution in [0.15, 0.2) is 46.5 Å². The molecule has 0 saturated carbocycles. The number of carbonyl (C=O) groups excluding carboxylic acids is 1. The van der Waals surface area contributed by atoms with Crippen molar-refractivity contribution in [2.45, 2.75) is 19.3 Å². The summed E-state index contributed by atoms with van der Waals surface area (Å²) in [5.41, 5.74) is 3.39. The summed E-state index contributed by atoms with van der Waals surface area (Å²) in [5, 5.41) is 3.36. The molecule has 4 nitrogen and oxygen atoms in total. The van der Waals surface area contributed by atoms with E-state index in [9.17, 15) is 9.18 Å². The van der Waals surface area contributed by atoms with Crippen molar-refractivity contribution in [3.05, 3.63) is 62.9 Å². The molecule has 1 N–H and O–H groups in total. The Labute approximate surface area is 176 Å². The first-order valence-electron chi connectivity index (χ1n) is 9.13. The number of benzene rings is 2. The van der Waals surface area contributed by atoms with Gasteiger partial charge in [-0.25, -0.2) is 4.39 Å². The van der Waals surface area contributed by atoms with Gasteiger partial charge in [-0.2, -0.15) is 0 Å². The molecule has 0 atom stereocenters. The molecule has 0 aromatic heterocycles. The lowest BCUT2D eigenvalue weighted by molar-refractivity contribution is -0.116. The molecule has 2 aliphatic rings. The fraction of sp³-hybridized carbons (Fsp3) is 0.286. The highest BCUT2D eigenvalue weighted by molar-refractivity contribution is 9.10. The lowest BCUT2D eigenvalue weighted by Gasteiger charge is -2.29. The number of carbonyl (C=O) groups is 1. The number of nitrogens with one attached hydrogen (secondary N) is 1. The molecule has 28 heavy (non-hydrogen) atoms. The largest absolute Gasteiger partial charge is 0.489 e. The van der Waals surface area contributed by atoms with E-state index in [1.807, 2.05) is 17.0 Å². The Kier molecular flexibility index (Phi) is 5.60. The zero-order valence-corrected chi connectivity index (χ0v) is 17.4. The van der Waals surface area contributed by atoms with Crippen LogP contribution in [0.3, 0.4) is 0 Å². The summed E-state index contributed by atoms with van der Waals surface area (Å²) in [5.74, 6) is 0.501. The lowest BCUT2D eigenvalue weighted by Crippen LogP contribution is -2.30.